The molecular formula is C8H19N3. The summed E-state index contributed by atoms with van der Waals surface area (Å²) in [4.78, 5) is 0. The Hall–Kier alpha value is -1.12. The van der Waals surface area contributed by atoms with Gasteiger partial charge in [0, 0.05) is 18.9 Å². The molecule has 0 atom stereocenters. The van der Waals surface area contributed by atoms with Gasteiger partial charge in [0.15, 0.2) is 0 Å². The van der Waals surface area contributed by atoms with Crippen LogP contribution in [0.1, 0.15) is 20.8 Å². The molecule has 0 aromatic rings. The van der Waals surface area contributed by atoms with Crippen LogP contribution in [0.15, 0.2) is 23.7 Å². The molecule has 5 N–H and O–H groups in total. The van der Waals surface area contributed by atoms with Gasteiger partial charge in [-0.05, 0) is 13.0 Å². The van der Waals surface area contributed by atoms with Crippen LogP contribution in [-0.2, 0) is 0 Å². The third-order valence-electron chi connectivity index (χ3n) is 0.851. The highest BCUT2D eigenvalue weighted by molar-refractivity contribution is 5.17. The zero-order valence-electron chi connectivity index (χ0n) is 7.81. The Morgan fingerprint density at radius 2 is 1.82 bits per heavy atom. The molecule has 0 fully saturated rings. The Morgan fingerprint density at radius 1 is 1.36 bits per heavy atom. The zero-order chi connectivity index (χ0) is 9.28. The minimum atomic E-state index is 0.737. The van der Waals surface area contributed by atoms with E-state index in [4.69, 9.17) is 11.5 Å². The highest BCUT2D eigenvalue weighted by Gasteiger charge is 1.83. The Balaban J connectivity index is 0. The standard InChI is InChI=1S/C6H13N3.C2H6/c1-5(8)3-6(4-7)9-2;1-2/h3-4,9H,7-8H2,1-2H3;1-2H3/b5-3-,6-4+;. The Kier molecular flexibility index (Phi) is 10.1. The molecule has 0 radical (unpaired) electrons. The molecule has 0 unspecified atom stereocenters. The summed E-state index contributed by atoms with van der Waals surface area (Å²) in [6.07, 6.45) is 3.23. The Labute approximate surface area is 69.2 Å². The average Bonchev–Trinajstić information content (AvgIpc) is 2.03. The van der Waals surface area contributed by atoms with Crippen molar-refractivity contribution < 1.29 is 0 Å². The molecule has 0 spiro atoms. The lowest BCUT2D eigenvalue weighted by molar-refractivity contribution is 1.01. The molecule has 0 bridgehead atoms. The number of hydrogen-bond acceptors (Lipinski definition) is 3. The van der Waals surface area contributed by atoms with Gasteiger partial charge in [0.1, 0.15) is 0 Å². The van der Waals surface area contributed by atoms with Crippen molar-refractivity contribution in [1.29, 1.82) is 0 Å². The first-order chi connectivity index (χ1) is 5.20. The summed E-state index contributed by atoms with van der Waals surface area (Å²) in [6, 6.07) is 0. The first-order valence-electron chi connectivity index (χ1n) is 3.74. The lowest BCUT2D eigenvalue weighted by atomic mass is 10.4. The fourth-order valence-corrected chi connectivity index (χ4v) is 0.449. The van der Waals surface area contributed by atoms with Crippen LogP contribution in [0.25, 0.3) is 0 Å². The van der Waals surface area contributed by atoms with E-state index in [9.17, 15) is 0 Å². The van der Waals surface area contributed by atoms with Crippen LogP contribution < -0.4 is 16.8 Å². The maximum absolute atomic E-state index is 5.37. The highest BCUT2D eigenvalue weighted by Crippen LogP contribution is 1.89. The molecule has 0 saturated heterocycles. The molecule has 0 saturated carbocycles. The van der Waals surface area contributed by atoms with Crippen molar-refractivity contribution in [3.63, 3.8) is 0 Å². The van der Waals surface area contributed by atoms with E-state index < -0.39 is 0 Å². The summed E-state index contributed by atoms with van der Waals surface area (Å²) in [5, 5.41) is 2.86. The minimum Gasteiger partial charge on any atom is -0.403 e. The van der Waals surface area contributed by atoms with E-state index in [0.29, 0.717) is 0 Å². The van der Waals surface area contributed by atoms with Crippen LogP contribution in [0.4, 0.5) is 0 Å². The molecule has 0 aliphatic rings. The molecule has 0 aromatic heterocycles. The van der Waals surface area contributed by atoms with Gasteiger partial charge >= 0.3 is 0 Å². The van der Waals surface area contributed by atoms with E-state index in [0.717, 1.165) is 11.4 Å². The summed E-state index contributed by atoms with van der Waals surface area (Å²) < 4.78 is 0. The highest BCUT2D eigenvalue weighted by atomic mass is 14.8. The van der Waals surface area contributed by atoms with Gasteiger partial charge in [-0.1, -0.05) is 13.8 Å². The first kappa shape index (κ1) is 12.5. The summed E-state index contributed by atoms with van der Waals surface area (Å²) in [5.74, 6) is 0. The van der Waals surface area contributed by atoms with E-state index in [-0.39, 0.29) is 0 Å². The van der Waals surface area contributed by atoms with Gasteiger partial charge in [0.2, 0.25) is 0 Å². The van der Waals surface area contributed by atoms with Crippen LogP contribution in [0, 0.1) is 0 Å². The van der Waals surface area contributed by atoms with Crippen molar-refractivity contribution in [3.05, 3.63) is 23.7 Å². The predicted octanol–water partition coefficient (Wildman–Crippen LogP) is 0.895. The SMILES string of the molecule is CC.CNC(/C=C(/C)N)=C/N. The van der Waals surface area contributed by atoms with Gasteiger partial charge in [-0.15, -0.1) is 0 Å². The number of nitrogens with one attached hydrogen (secondary N) is 1. The zero-order valence-corrected chi connectivity index (χ0v) is 7.81. The number of nitrogens with two attached hydrogens (primary N) is 2. The van der Waals surface area contributed by atoms with Crippen LogP contribution in [0.3, 0.4) is 0 Å². The van der Waals surface area contributed by atoms with Crippen molar-refractivity contribution in [2.75, 3.05) is 7.05 Å². The molecule has 0 rings (SSSR count). The van der Waals surface area contributed by atoms with E-state index in [2.05, 4.69) is 5.32 Å². The number of rotatable bonds is 2. The molecule has 0 aliphatic carbocycles. The Morgan fingerprint density at radius 3 is 1.91 bits per heavy atom. The first-order valence-corrected chi connectivity index (χ1v) is 3.74. The normalized spacial score (nSPS) is 11.6. The van der Waals surface area contributed by atoms with Gasteiger partial charge < -0.3 is 16.8 Å². The molecule has 66 valence electrons. The molecule has 11 heavy (non-hydrogen) atoms. The molecule has 3 heteroatoms. The third kappa shape index (κ3) is 8.88. The van der Waals surface area contributed by atoms with Gasteiger partial charge in [0.05, 0.1) is 5.70 Å². The average molecular weight is 157 g/mol. The molecule has 0 heterocycles. The second-order valence-electron chi connectivity index (χ2n) is 1.76. The predicted molar refractivity (Wildman–Crippen MR) is 50.6 cm³/mol. The van der Waals surface area contributed by atoms with Crippen molar-refractivity contribution >= 4 is 0 Å². The monoisotopic (exact) mass is 157 g/mol. The smallest absolute Gasteiger partial charge is 0.0512 e. The topological polar surface area (TPSA) is 64.1 Å². The fourth-order valence-electron chi connectivity index (χ4n) is 0.449. The molecule has 0 aliphatic heterocycles. The molecule has 0 amide bonds. The Bertz CT molecular complexity index is 132. The van der Waals surface area contributed by atoms with E-state index >= 15 is 0 Å². The quantitative estimate of drug-likeness (QED) is 0.522. The van der Waals surface area contributed by atoms with Crippen molar-refractivity contribution in [2.24, 2.45) is 11.5 Å². The van der Waals surface area contributed by atoms with Gasteiger partial charge in [0.25, 0.3) is 0 Å². The summed E-state index contributed by atoms with van der Waals surface area (Å²) >= 11 is 0. The van der Waals surface area contributed by atoms with Crippen molar-refractivity contribution in [3.8, 4) is 0 Å². The molecular weight excluding hydrogens is 138 g/mol. The van der Waals surface area contributed by atoms with E-state index in [1.165, 1.54) is 6.20 Å². The lowest BCUT2D eigenvalue weighted by Crippen LogP contribution is -2.07. The van der Waals surface area contributed by atoms with Crippen LogP contribution >= 0.6 is 0 Å². The summed E-state index contributed by atoms with van der Waals surface area (Å²) in [6.45, 7) is 5.81. The molecule has 0 aromatic carbocycles. The van der Waals surface area contributed by atoms with Crippen LogP contribution in [-0.4, -0.2) is 7.05 Å². The van der Waals surface area contributed by atoms with E-state index in [1.54, 1.807) is 20.0 Å². The second kappa shape index (κ2) is 8.88. The number of allylic oxidation sites excluding steroid dienone is 2. The van der Waals surface area contributed by atoms with Gasteiger partial charge in [-0.2, -0.15) is 0 Å². The summed E-state index contributed by atoms with van der Waals surface area (Å²) in [5.41, 5.74) is 12.1. The number of hydrogen-bond donors (Lipinski definition) is 3. The number of likely N-dealkylation sites (N-methyl/N-ethyl adjacent to an activating group) is 1. The maximum Gasteiger partial charge on any atom is 0.0512 e. The molecule has 3 nitrogen and oxygen atoms in total. The van der Waals surface area contributed by atoms with Crippen molar-refractivity contribution in [1.82, 2.24) is 5.32 Å². The minimum absolute atomic E-state index is 0.737. The summed E-state index contributed by atoms with van der Waals surface area (Å²) in [7, 11) is 1.79. The lowest BCUT2D eigenvalue weighted by Gasteiger charge is -1.97. The van der Waals surface area contributed by atoms with Crippen LogP contribution in [0.2, 0.25) is 0 Å². The third-order valence-corrected chi connectivity index (χ3v) is 0.851. The maximum atomic E-state index is 5.37. The second-order valence-corrected chi connectivity index (χ2v) is 1.76. The van der Waals surface area contributed by atoms with Gasteiger partial charge in [-0.25, -0.2) is 0 Å². The largest absolute Gasteiger partial charge is 0.403 e. The van der Waals surface area contributed by atoms with E-state index in [1.807, 2.05) is 13.8 Å². The van der Waals surface area contributed by atoms with Gasteiger partial charge in [-0.3, -0.25) is 0 Å². The van der Waals surface area contributed by atoms with Crippen LogP contribution in [0.5, 0.6) is 0 Å². The fraction of sp³-hybridized carbons (Fsp3) is 0.500. The van der Waals surface area contributed by atoms with Crippen molar-refractivity contribution in [2.45, 2.75) is 20.8 Å².